The van der Waals surface area contributed by atoms with Crippen molar-refractivity contribution < 1.29 is 9.53 Å². The second-order valence-corrected chi connectivity index (χ2v) is 5.70. The van der Waals surface area contributed by atoms with Crippen LogP contribution in [0.4, 0.5) is 10.5 Å². The Hall–Kier alpha value is -2.86. The Balaban J connectivity index is 1.71. The lowest BCUT2D eigenvalue weighted by molar-refractivity contribution is 0.140. The van der Waals surface area contributed by atoms with Gasteiger partial charge in [-0.15, -0.1) is 0 Å². The van der Waals surface area contributed by atoms with Gasteiger partial charge >= 0.3 is 6.09 Å². The molecule has 0 radical (unpaired) electrons. The van der Waals surface area contributed by atoms with Crippen LogP contribution in [0.5, 0.6) is 0 Å². The molecule has 2 aromatic rings. The summed E-state index contributed by atoms with van der Waals surface area (Å²) in [4.78, 5) is 11.6. The summed E-state index contributed by atoms with van der Waals surface area (Å²) >= 11 is 4.86. The molecular formula is C19H21N3O2S. The Morgan fingerprint density at radius 2 is 1.84 bits per heavy atom. The largest absolute Gasteiger partial charge is 0.445 e. The first-order chi connectivity index (χ1) is 12.1. The van der Waals surface area contributed by atoms with Crippen molar-refractivity contribution in [1.82, 2.24) is 5.32 Å². The number of nitrogens with two attached hydrogens (primary N) is 1. The van der Waals surface area contributed by atoms with Gasteiger partial charge in [-0.05, 0) is 35.8 Å². The van der Waals surface area contributed by atoms with E-state index in [2.05, 4.69) is 10.6 Å². The summed E-state index contributed by atoms with van der Waals surface area (Å²) in [5.41, 5.74) is 8.29. The van der Waals surface area contributed by atoms with Crippen LogP contribution in [0.3, 0.4) is 0 Å². The maximum atomic E-state index is 11.6. The van der Waals surface area contributed by atoms with Gasteiger partial charge in [-0.1, -0.05) is 60.7 Å². The van der Waals surface area contributed by atoms with Crippen molar-refractivity contribution in [3.63, 3.8) is 0 Å². The fourth-order valence-electron chi connectivity index (χ4n) is 2.13. The van der Waals surface area contributed by atoms with Crippen molar-refractivity contribution >= 4 is 35.2 Å². The minimum absolute atomic E-state index is 0.226. The first-order valence-electron chi connectivity index (χ1n) is 7.92. The predicted molar refractivity (Wildman–Crippen MR) is 105 cm³/mol. The maximum absolute atomic E-state index is 11.6. The van der Waals surface area contributed by atoms with Crippen molar-refractivity contribution in [1.29, 1.82) is 0 Å². The van der Waals surface area contributed by atoms with Crippen LogP contribution in [0.25, 0.3) is 6.08 Å². The number of para-hydroxylation sites is 1. The quantitative estimate of drug-likeness (QED) is 0.522. The number of carbonyl (C=O) groups is 1. The molecule has 0 aliphatic heterocycles. The molecule has 1 amide bonds. The molecule has 0 aromatic heterocycles. The van der Waals surface area contributed by atoms with Gasteiger partial charge in [0, 0.05) is 12.2 Å². The second kappa shape index (κ2) is 10.1. The van der Waals surface area contributed by atoms with E-state index in [1.165, 1.54) is 0 Å². The standard InChI is InChI=1S/C19H21N3O2S/c20-18(25)22-17-12-5-4-10-16(17)11-6-7-13-21-19(23)24-14-15-8-2-1-3-9-15/h1-6,8-12H,7,13-14H2,(H,21,23)(H3,20,22,25). The third-order valence-corrected chi connectivity index (χ3v) is 3.41. The molecule has 0 bridgehead atoms. The smallest absolute Gasteiger partial charge is 0.407 e. The number of ether oxygens (including phenoxy) is 1. The molecule has 0 saturated heterocycles. The summed E-state index contributed by atoms with van der Waals surface area (Å²) in [6, 6.07) is 17.3. The van der Waals surface area contributed by atoms with Crippen LogP contribution in [-0.4, -0.2) is 17.8 Å². The molecule has 0 spiro atoms. The van der Waals surface area contributed by atoms with Gasteiger partial charge in [-0.25, -0.2) is 4.79 Å². The Kier molecular flexibility index (Phi) is 7.46. The molecule has 2 aromatic carbocycles. The van der Waals surface area contributed by atoms with Crippen LogP contribution in [0.2, 0.25) is 0 Å². The highest BCUT2D eigenvalue weighted by atomic mass is 32.1. The van der Waals surface area contributed by atoms with Gasteiger partial charge in [0.15, 0.2) is 5.11 Å². The molecular weight excluding hydrogens is 334 g/mol. The summed E-state index contributed by atoms with van der Waals surface area (Å²) in [6.07, 6.45) is 4.18. The number of hydrogen-bond acceptors (Lipinski definition) is 3. The van der Waals surface area contributed by atoms with Crippen LogP contribution in [0.1, 0.15) is 17.5 Å². The van der Waals surface area contributed by atoms with Gasteiger partial charge in [0.1, 0.15) is 6.61 Å². The lowest BCUT2D eigenvalue weighted by Crippen LogP contribution is -2.24. The highest BCUT2D eigenvalue weighted by Gasteiger charge is 2.01. The number of carbonyl (C=O) groups excluding carboxylic acids is 1. The molecule has 0 unspecified atom stereocenters. The van der Waals surface area contributed by atoms with Crippen molar-refractivity contribution in [2.75, 3.05) is 11.9 Å². The average Bonchev–Trinajstić information content (AvgIpc) is 2.61. The Morgan fingerprint density at radius 1 is 1.12 bits per heavy atom. The molecule has 130 valence electrons. The summed E-state index contributed by atoms with van der Waals surface area (Å²) in [5.74, 6) is 0. The van der Waals surface area contributed by atoms with Gasteiger partial charge in [0.05, 0.1) is 0 Å². The van der Waals surface area contributed by atoms with Crippen LogP contribution < -0.4 is 16.4 Å². The van der Waals surface area contributed by atoms with E-state index in [-0.39, 0.29) is 11.7 Å². The van der Waals surface area contributed by atoms with Crippen molar-refractivity contribution in [2.24, 2.45) is 5.73 Å². The lowest BCUT2D eigenvalue weighted by atomic mass is 10.1. The minimum atomic E-state index is -0.423. The van der Waals surface area contributed by atoms with Gasteiger partial charge in [0.25, 0.3) is 0 Å². The SMILES string of the molecule is NC(=S)Nc1ccccc1C=CCCNC(=O)OCc1ccccc1. The molecule has 0 aliphatic rings. The van der Waals surface area contributed by atoms with Crippen molar-refractivity contribution in [2.45, 2.75) is 13.0 Å². The number of rotatable bonds is 7. The highest BCUT2D eigenvalue weighted by Crippen LogP contribution is 2.16. The highest BCUT2D eigenvalue weighted by molar-refractivity contribution is 7.80. The Bertz CT molecular complexity index is 732. The summed E-state index contributed by atoms with van der Waals surface area (Å²) in [7, 11) is 0. The molecule has 0 fully saturated rings. The van der Waals surface area contributed by atoms with Gasteiger partial charge < -0.3 is 21.1 Å². The third kappa shape index (κ3) is 7.05. The minimum Gasteiger partial charge on any atom is -0.445 e. The summed E-state index contributed by atoms with van der Waals surface area (Å²) in [5, 5.41) is 5.88. The summed E-state index contributed by atoms with van der Waals surface area (Å²) < 4.78 is 5.14. The zero-order valence-electron chi connectivity index (χ0n) is 13.8. The Labute approximate surface area is 152 Å². The number of anilines is 1. The van der Waals surface area contributed by atoms with Crippen molar-refractivity contribution in [3.05, 3.63) is 71.8 Å². The van der Waals surface area contributed by atoms with E-state index >= 15 is 0 Å². The van der Waals surface area contributed by atoms with Crippen LogP contribution in [0.15, 0.2) is 60.7 Å². The lowest BCUT2D eigenvalue weighted by Gasteiger charge is -2.07. The van der Waals surface area contributed by atoms with Gasteiger partial charge in [-0.2, -0.15) is 0 Å². The number of benzene rings is 2. The topological polar surface area (TPSA) is 76.4 Å². The first-order valence-corrected chi connectivity index (χ1v) is 8.32. The number of hydrogen-bond donors (Lipinski definition) is 3. The van der Waals surface area contributed by atoms with E-state index in [0.29, 0.717) is 13.0 Å². The molecule has 5 nitrogen and oxygen atoms in total. The summed E-state index contributed by atoms with van der Waals surface area (Å²) in [6.45, 7) is 0.759. The molecule has 4 N–H and O–H groups in total. The fourth-order valence-corrected chi connectivity index (χ4v) is 2.24. The molecule has 6 heteroatoms. The molecule has 0 saturated carbocycles. The van der Waals surface area contributed by atoms with Gasteiger partial charge in [0.2, 0.25) is 0 Å². The molecule has 2 rings (SSSR count). The number of nitrogens with one attached hydrogen (secondary N) is 2. The maximum Gasteiger partial charge on any atom is 0.407 e. The zero-order valence-corrected chi connectivity index (χ0v) is 14.6. The average molecular weight is 355 g/mol. The van der Waals surface area contributed by atoms with E-state index in [1.807, 2.05) is 66.7 Å². The molecule has 25 heavy (non-hydrogen) atoms. The molecule has 0 aliphatic carbocycles. The fraction of sp³-hybridized carbons (Fsp3) is 0.158. The van der Waals surface area contributed by atoms with E-state index in [1.54, 1.807) is 0 Å². The first kappa shape index (κ1) is 18.5. The molecule has 0 atom stereocenters. The van der Waals surface area contributed by atoms with Crippen molar-refractivity contribution in [3.8, 4) is 0 Å². The number of alkyl carbamates (subject to hydrolysis) is 1. The van der Waals surface area contributed by atoms with E-state index in [9.17, 15) is 4.79 Å². The number of amides is 1. The van der Waals surface area contributed by atoms with E-state index < -0.39 is 6.09 Å². The Morgan fingerprint density at radius 3 is 2.60 bits per heavy atom. The van der Waals surface area contributed by atoms with E-state index in [4.69, 9.17) is 22.7 Å². The third-order valence-electron chi connectivity index (χ3n) is 3.31. The normalized spacial score (nSPS) is 10.4. The van der Waals surface area contributed by atoms with Gasteiger partial charge in [-0.3, -0.25) is 0 Å². The number of thiocarbonyl (C=S) groups is 1. The predicted octanol–water partition coefficient (Wildman–Crippen LogP) is 3.67. The zero-order chi connectivity index (χ0) is 17.9. The molecule has 0 heterocycles. The van der Waals surface area contributed by atoms with Crippen LogP contribution >= 0.6 is 12.2 Å². The van der Waals surface area contributed by atoms with E-state index in [0.717, 1.165) is 16.8 Å². The van der Waals surface area contributed by atoms with Crippen LogP contribution in [0, 0.1) is 0 Å². The van der Waals surface area contributed by atoms with Crippen LogP contribution in [-0.2, 0) is 11.3 Å². The monoisotopic (exact) mass is 355 g/mol. The second-order valence-electron chi connectivity index (χ2n) is 5.26.